The summed E-state index contributed by atoms with van der Waals surface area (Å²) in [5.41, 5.74) is 0. The van der Waals surface area contributed by atoms with E-state index in [9.17, 15) is 4.39 Å². The van der Waals surface area contributed by atoms with E-state index < -0.39 is 0 Å². The van der Waals surface area contributed by atoms with Crippen LogP contribution in [0.4, 0.5) is 4.39 Å². The van der Waals surface area contributed by atoms with Gasteiger partial charge in [0.25, 0.3) is 0 Å². The van der Waals surface area contributed by atoms with E-state index in [2.05, 4.69) is 4.98 Å². The summed E-state index contributed by atoms with van der Waals surface area (Å²) in [7, 11) is 1.68. The highest BCUT2D eigenvalue weighted by Crippen LogP contribution is 2.11. The molecule has 10 heavy (non-hydrogen) atoms. The first-order valence-corrected chi connectivity index (χ1v) is 3.30. The molecule has 56 valence electrons. The van der Waals surface area contributed by atoms with Gasteiger partial charge in [-0.25, -0.2) is 4.98 Å². The van der Waals surface area contributed by atoms with Gasteiger partial charge in [0.15, 0.2) is 0 Å². The lowest BCUT2D eigenvalue weighted by molar-refractivity contribution is 0.518. The highest BCUT2D eigenvalue weighted by molar-refractivity contribution is 4.97. The van der Waals surface area contributed by atoms with Crippen LogP contribution in [0.15, 0.2) is 6.20 Å². The van der Waals surface area contributed by atoms with E-state index in [0.717, 1.165) is 5.82 Å². The Morgan fingerprint density at radius 2 is 2.20 bits per heavy atom. The van der Waals surface area contributed by atoms with Crippen LogP contribution in [0.2, 0.25) is 0 Å². The van der Waals surface area contributed by atoms with Crippen molar-refractivity contribution in [1.82, 2.24) is 9.55 Å². The van der Waals surface area contributed by atoms with E-state index in [0.29, 0.717) is 0 Å². The molecule has 1 aromatic heterocycles. The van der Waals surface area contributed by atoms with Gasteiger partial charge in [0.05, 0.1) is 6.20 Å². The number of halogens is 1. The molecular formula is C7H11FN2. The van der Waals surface area contributed by atoms with Crippen LogP contribution in [0.1, 0.15) is 25.6 Å². The SMILES string of the molecule is CC(C)c1ncc(F)n1C. The van der Waals surface area contributed by atoms with Crippen molar-refractivity contribution in [3.63, 3.8) is 0 Å². The van der Waals surface area contributed by atoms with Crippen molar-refractivity contribution in [2.75, 3.05) is 0 Å². The molecule has 0 bridgehead atoms. The Balaban J connectivity index is 3.05. The molecule has 0 unspecified atom stereocenters. The fraction of sp³-hybridized carbons (Fsp3) is 0.571. The van der Waals surface area contributed by atoms with Gasteiger partial charge in [0.2, 0.25) is 5.95 Å². The molecular weight excluding hydrogens is 131 g/mol. The molecule has 0 aromatic carbocycles. The normalized spacial score (nSPS) is 10.9. The van der Waals surface area contributed by atoms with Crippen LogP contribution in [0.25, 0.3) is 0 Å². The van der Waals surface area contributed by atoms with Crippen LogP contribution in [-0.2, 0) is 7.05 Å². The first-order chi connectivity index (χ1) is 4.63. The fourth-order valence-corrected chi connectivity index (χ4v) is 0.938. The number of hydrogen-bond donors (Lipinski definition) is 0. The van der Waals surface area contributed by atoms with Crippen LogP contribution in [0.3, 0.4) is 0 Å². The maximum Gasteiger partial charge on any atom is 0.213 e. The van der Waals surface area contributed by atoms with Crippen molar-refractivity contribution in [2.45, 2.75) is 19.8 Å². The average Bonchev–Trinajstić information content (AvgIpc) is 2.14. The first-order valence-electron chi connectivity index (χ1n) is 3.30. The molecule has 0 saturated heterocycles. The van der Waals surface area contributed by atoms with E-state index in [1.807, 2.05) is 13.8 Å². The second-order valence-electron chi connectivity index (χ2n) is 2.65. The maximum absolute atomic E-state index is 12.6. The number of rotatable bonds is 1. The van der Waals surface area contributed by atoms with E-state index in [1.165, 1.54) is 10.8 Å². The molecule has 3 heteroatoms. The molecule has 2 nitrogen and oxygen atoms in total. The zero-order valence-electron chi connectivity index (χ0n) is 6.43. The van der Waals surface area contributed by atoms with Gasteiger partial charge >= 0.3 is 0 Å². The smallest absolute Gasteiger partial charge is 0.213 e. The average molecular weight is 142 g/mol. The molecule has 0 atom stereocenters. The monoisotopic (exact) mass is 142 g/mol. The summed E-state index contributed by atoms with van der Waals surface area (Å²) in [5, 5.41) is 0. The third kappa shape index (κ3) is 1.03. The van der Waals surface area contributed by atoms with Crippen molar-refractivity contribution < 1.29 is 4.39 Å². The Hall–Kier alpha value is -0.860. The summed E-state index contributed by atoms with van der Waals surface area (Å²) >= 11 is 0. The van der Waals surface area contributed by atoms with Crippen molar-refractivity contribution in [2.24, 2.45) is 7.05 Å². The van der Waals surface area contributed by atoms with Crippen LogP contribution in [0.5, 0.6) is 0 Å². The largest absolute Gasteiger partial charge is 0.308 e. The Kier molecular flexibility index (Phi) is 1.74. The van der Waals surface area contributed by atoms with Crippen LogP contribution in [0, 0.1) is 5.95 Å². The number of imidazole rings is 1. The summed E-state index contributed by atoms with van der Waals surface area (Å²) in [6.45, 7) is 3.98. The van der Waals surface area contributed by atoms with E-state index >= 15 is 0 Å². The van der Waals surface area contributed by atoms with Crippen molar-refractivity contribution in [1.29, 1.82) is 0 Å². The molecule has 0 saturated carbocycles. The van der Waals surface area contributed by atoms with Gasteiger partial charge in [-0.05, 0) is 0 Å². The molecule has 0 amide bonds. The summed E-state index contributed by atoms with van der Waals surface area (Å²) in [6, 6.07) is 0. The van der Waals surface area contributed by atoms with Gasteiger partial charge < -0.3 is 4.57 Å². The topological polar surface area (TPSA) is 17.8 Å². The van der Waals surface area contributed by atoms with Gasteiger partial charge in [-0.3, -0.25) is 0 Å². The zero-order chi connectivity index (χ0) is 7.72. The minimum absolute atomic E-state index is 0.274. The number of hydrogen-bond acceptors (Lipinski definition) is 1. The molecule has 0 spiro atoms. The number of nitrogens with zero attached hydrogens (tertiary/aromatic N) is 2. The molecule has 1 rings (SSSR count). The molecule has 0 N–H and O–H groups in total. The van der Waals surface area contributed by atoms with Crippen LogP contribution in [-0.4, -0.2) is 9.55 Å². The Morgan fingerprint density at radius 3 is 2.40 bits per heavy atom. The van der Waals surface area contributed by atoms with Crippen molar-refractivity contribution in [3.8, 4) is 0 Å². The Morgan fingerprint density at radius 1 is 1.60 bits per heavy atom. The highest BCUT2D eigenvalue weighted by Gasteiger charge is 2.07. The minimum atomic E-state index is -0.274. The van der Waals surface area contributed by atoms with Gasteiger partial charge in [-0.2, -0.15) is 4.39 Å². The third-order valence-electron chi connectivity index (χ3n) is 1.48. The van der Waals surface area contributed by atoms with Crippen LogP contribution >= 0.6 is 0 Å². The summed E-state index contributed by atoms with van der Waals surface area (Å²) in [6.07, 6.45) is 1.25. The Bertz CT molecular complexity index is 228. The second-order valence-corrected chi connectivity index (χ2v) is 2.65. The lowest BCUT2D eigenvalue weighted by Crippen LogP contribution is -2.01. The predicted molar refractivity (Wildman–Crippen MR) is 37.3 cm³/mol. The van der Waals surface area contributed by atoms with Crippen LogP contribution < -0.4 is 0 Å². The Labute approximate surface area is 59.7 Å². The first kappa shape index (κ1) is 7.25. The third-order valence-corrected chi connectivity index (χ3v) is 1.48. The highest BCUT2D eigenvalue weighted by atomic mass is 19.1. The fourth-order valence-electron chi connectivity index (χ4n) is 0.938. The summed E-state index contributed by atoms with van der Waals surface area (Å²) in [5.74, 6) is 0.802. The molecule has 0 aliphatic heterocycles. The van der Waals surface area contributed by atoms with Gasteiger partial charge in [0, 0.05) is 13.0 Å². The van der Waals surface area contributed by atoms with Crippen molar-refractivity contribution >= 4 is 0 Å². The lowest BCUT2D eigenvalue weighted by Gasteiger charge is -2.03. The minimum Gasteiger partial charge on any atom is -0.308 e. The maximum atomic E-state index is 12.6. The molecule has 1 heterocycles. The zero-order valence-corrected chi connectivity index (χ0v) is 6.43. The molecule has 0 radical (unpaired) electrons. The molecule has 0 aliphatic carbocycles. The van der Waals surface area contributed by atoms with Gasteiger partial charge in [-0.15, -0.1) is 0 Å². The van der Waals surface area contributed by atoms with Gasteiger partial charge in [-0.1, -0.05) is 13.8 Å². The molecule has 1 aromatic rings. The van der Waals surface area contributed by atoms with E-state index in [1.54, 1.807) is 7.05 Å². The van der Waals surface area contributed by atoms with E-state index in [4.69, 9.17) is 0 Å². The molecule has 0 aliphatic rings. The van der Waals surface area contributed by atoms with E-state index in [-0.39, 0.29) is 11.9 Å². The summed E-state index contributed by atoms with van der Waals surface area (Å²) in [4.78, 5) is 3.90. The van der Waals surface area contributed by atoms with Gasteiger partial charge in [0.1, 0.15) is 5.82 Å². The predicted octanol–water partition coefficient (Wildman–Crippen LogP) is 1.68. The second kappa shape index (κ2) is 2.40. The lowest BCUT2D eigenvalue weighted by atomic mass is 10.2. The molecule has 0 fully saturated rings. The summed E-state index contributed by atoms with van der Waals surface area (Å²) < 4.78 is 14.1. The standard InChI is InChI=1S/C7H11FN2/c1-5(2)7-9-4-6(8)10(7)3/h4-5H,1-3H3. The van der Waals surface area contributed by atoms with Crippen molar-refractivity contribution in [3.05, 3.63) is 18.0 Å². The quantitative estimate of drug-likeness (QED) is 0.583. The number of aromatic nitrogens is 2.